The number of carbonyl (C=O) groups is 4. The predicted molar refractivity (Wildman–Crippen MR) is 141 cm³/mol. The zero-order valence-electron chi connectivity index (χ0n) is 23.2. The molecule has 3 atom stereocenters. The first-order valence-corrected chi connectivity index (χ1v) is 13.6. The molecule has 0 aliphatic carbocycles. The first kappa shape index (κ1) is 27.9. The molecular weight excluding hydrogens is 486 g/mol. The van der Waals surface area contributed by atoms with Crippen molar-refractivity contribution in [1.82, 2.24) is 15.1 Å². The average molecular weight is 528 g/mol. The minimum atomic E-state index is -0.910. The van der Waals surface area contributed by atoms with Crippen molar-refractivity contribution >= 4 is 24.4 Å². The second-order valence-corrected chi connectivity index (χ2v) is 12.7. The Hall–Kier alpha value is -3.10. The Bertz CT molecular complexity index is 1080. The number of aldehydes is 1. The number of benzene rings is 1. The summed E-state index contributed by atoms with van der Waals surface area (Å²) in [7, 11) is 0. The van der Waals surface area contributed by atoms with Crippen molar-refractivity contribution in [1.29, 1.82) is 0 Å². The smallest absolute Gasteiger partial charge is 0.410 e. The quantitative estimate of drug-likeness (QED) is 0.549. The van der Waals surface area contributed by atoms with Crippen LogP contribution in [0.1, 0.15) is 77.0 Å². The van der Waals surface area contributed by atoms with Crippen molar-refractivity contribution < 1.29 is 28.7 Å². The normalized spacial score (nSPS) is 26.9. The van der Waals surface area contributed by atoms with E-state index in [0.717, 1.165) is 31.2 Å². The molecule has 4 bridgehead atoms. The molecule has 4 rings (SSSR count). The lowest BCUT2D eigenvalue weighted by molar-refractivity contribution is -0.139. The maximum absolute atomic E-state index is 13.6. The number of hydrogen-bond donors (Lipinski definition) is 1. The van der Waals surface area contributed by atoms with E-state index in [1.54, 1.807) is 4.90 Å². The third kappa shape index (κ3) is 6.30. The fourth-order valence-corrected chi connectivity index (χ4v) is 5.59. The average Bonchev–Trinajstić information content (AvgIpc) is 3.47. The van der Waals surface area contributed by atoms with E-state index in [0.29, 0.717) is 19.4 Å². The molecule has 3 amide bonds. The van der Waals surface area contributed by atoms with Gasteiger partial charge in [-0.3, -0.25) is 9.69 Å². The second-order valence-electron chi connectivity index (χ2n) is 12.7. The fraction of sp³-hybridized carbons (Fsp3) is 0.655. The number of fused-ring (bicyclic) bond motifs is 3. The van der Waals surface area contributed by atoms with Crippen molar-refractivity contribution in [3.05, 3.63) is 34.9 Å². The Morgan fingerprint density at radius 3 is 2.53 bits per heavy atom. The van der Waals surface area contributed by atoms with E-state index in [2.05, 4.69) is 31.3 Å². The summed E-state index contributed by atoms with van der Waals surface area (Å²) in [5.74, 6) is -0.392. The molecule has 0 aromatic heterocycles. The molecule has 3 aliphatic heterocycles. The third-order valence-corrected chi connectivity index (χ3v) is 7.87. The molecule has 0 radical (unpaired) electrons. The van der Waals surface area contributed by atoms with Crippen LogP contribution < -0.4 is 5.32 Å². The molecule has 208 valence electrons. The minimum absolute atomic E-state index is 0.0936. The number of rotatable bonds is 1. The molecule has 1 N–H and O–H groups in total. The number of amides is 3. The van der Waals surface area contributed by atoms with Crippen molar-refractivity contribution in [3.8, 4) is 0 Å². The Morgan fingerprint density at radius 2 is 1.82 bits per heavy atom. The van der Waals surface area contributed by atoms with Gasteiger partial charge < -0.3 is 24.5 Å². The summed E-state index contributed by atoms with van der Waals surface area (Å²) in [6, 6.07) is 4.57. The van der Waals surface area contributed by atoms with Gasteiger partial charge in [0, 0.05) is 19.5 Å². The van der Waals surface area contributed by atoms with Crippen LogP contribution >= 0.6 is 0 Å². The van der Waals surface area contributed by atoms with Gasteiger partial charge in [-0.05, 0) is 46.8 Å². The molecule has 3 heterocycles. The lowest BCUT2D eigenvalue weighted by Crippen LogP contribution is -2.56. The number of hydrogen-bond acceptors (Lipinski definition) is 6. The molecule has 1 aromatic rings. The van der Waals surface area contributed by atoms with Crippen LogP contribution in [-0.2, 0) is 38.6 Å². The van der Waals surface area contributed by atoms with Crippen LogP contribution in [0.3, 0.4) is 0 Å². The Morgan fingerprint density at radius 1 is 1.08 bits per heavy atom. The fourth-order valence-electron chi connectivity index (χ4n) is 5.59. The largest absolute Gasteiger partial charge is 0.449 e. The van der Waals surface area contributed by atoms with E-state index in [1.165, 1.54) is 16.0 Å². The maximum atomic E-state index is 13.6. The van der Waals surface area contributed by atoms with Crippen LogP contribution in [0.15, 0.2) is 18.2 Å². The number of ether oxygens (including phenoxy) is 2. The van der Waals surface area contributed by atoms with Crippen molar-refractivity contribution in [2.24, 2.45) is 10.8 Å². The first-order chi connectivity index (χ1) is 17.9. The maximum Gasteiger partial charge on any atom is 0.410 e. The highest BCUT2D eigenvalue weighted by molar-refractivity contribution is 5.89. The summed E-state index contributed by atoms with van der Waals surface area (Å²) >= 11 is 0. The van der Waals surface area contributed by atoms with Crippen molar-refractivity contribution in [2.75, 3.05) is 13.2 Å². The number of cyclic esters (lactones) is 1. The van der Waals surface area contributed by atoms with Gasteiger partial charge in [0.1, 0.15) is 18.4 Å². The van der Waals surface area contributed by atoms with Crippen LogP contribution in [0.4, 0.5) is 9.59 Å². The van der Waals surface area contributed by atoms with Gasteiger partial charge in [0.2, 0.25) is 5.91 Å². The van der Waals surface area contributed by atoms with E-state index in [4.69, 9.17) is 9.47 Å². The minimum Gasteiger partial charge on any atom is -0.449 e. The molecule has 9 heteroatoms. The van der Waals surface area contributed by atoms with Gasteiger partial charge in [-0.15, -0.1) is 0 Å². The highest BCUT2D eigenvalue weighted by Gasteiger charge is 2.44. The summed E-state index contributed by atoms with van der Waals surface area (Å²) in [5, 5.41) is 2.75. The summed E-state index contributed by atoms with van der Waals surface area (Å²) in [5.41, 5.74) is 2.70. The third-order valence-electron chi connectivity index (χ3n) is 7.87. The van der Waals surface area contributed by atoms with Crippen LogP contribution in [-0.4, -0.2) is 65.5 Å². The van der Waals surface area contributed by atoms with Gasteiger partial charge in [-0.25, -0.2) is 9.59 Å². The van der Waals surface area contributed by atoms with Crippen molar-refractivity contribution in [3.63, 3.8) is 0 Å². The Balaban J connectivity index is 1.59. The van der Waals surface area contributed by atoms with E-state index >= 15 is 0 Å². The first-order valence-electron chi connectivity index (χ1n) is 13.6. The molecule has 1 aromatic carbocycles. The van der Waals surface area contributed by atoms with Crippen molar-refractivity contribution in [2.45, 2.75) is 98.0 Å². The van der Waals surface area contributed by atoms with Gasteiger partial charge in [0.15, 0.2) is 0 Å². The number of carbonyl (C=O) groups excluding carboxylic acids is 4. The van der Waals surface area contributed by atoms with Crippen LogP contribution in [0.2, 0.25) is 0 Å². The molecule has 0 unspecified atom stereocenters. The summed E-state index contributed by atoms with van der Waals surface area (Å²) in [6.45, 7) is 11.0. The monoisotopic (exact) mass is 527 g/mol. The standard InChI is InChI=1S/C29H41N3O6/c1-28(2,3)24-25(34)32-15-22(13-21(32)17-33)38-27(36)31-14-20-11-8-10-19(23(20)16-31)9-6-7-12-29(4,5)18-37-26(35)30-24/h8,10-11,17,21-22,24H,6-7,9,12-16,18H2,1-5H3,(H,30,35)/t21-,22+,24+/m0/s1. The van der Waals surface area contributed by atoms with Crippen LogP contribution in [0, 0.1) is 10.8 Å². The lowest BCUT2D eigenvalue weighted by Gasteiger charge is -2.34. The molecular formula is C29H41N3O6. The molecule has 0 saturated carbocycles. The van der Waals surface area contributed by atoms with Crippen LogP contribution in [0.25, 0.3) is 0 Å². The zero-order chi connectivity index (χ0) is 27.7. The lowest BCUT2D eigenvalue weighted by atomic mass is 9.85. The van der Waals surface area contributed by atoms with Gasteiger partial charge >= 0.3 is 12.2 Å². The van der Waals surface area contributed by atoms with Gasteiger partial charge in [0.25, 0.3) is 0 Å². The number of nitrogens with zero attached hydrogens (tertiary/aromatic N) is 2. The number of nitrogens with one attached hydrogen (secondary N) is 1. The van der Waals surface area contributed by atoms with Crippen LogP contribution in [0.5, 0.6) is 0 Å². The zero-order valence-corrected chi connectivity index (χ0v) is 23.2. The summed E-state index contributed by atoms with van der Waals surface area (Å²) < 4.78 is 11.4. The SMILES string of the molecule is CC1(C)CCCCc2cccc3c2CN(C3)C(=O)O[C@@H]2C[C@@H](C=O)N(C2)C(=O)[C@H](C(C)(C)C)NC(=O)OC1. The molecule has 1 fully saturated rings. The molecule has 3 aliphatic rings. The van der Waals surface area contributed by atoms with Gasteiger partial charge in [-0.1, -0.05) is 59.2 Å². The molecule has 9 nitrogen and oxygen atoms in total. The Labute approximate surface area is 225 Å². The van der Waals surface area contributed by atoms with E-state index in [9.17, 15) is 19.2 Å². The van der Waals surface area contributed by atoms with Gasteiger partial charge in [0.05, 0.1) is 19.2 Å². The van der Waals surface area contributed by atoms with E-state index in [1.807, 2.05) is 26.8 Å². The molecule has 38 heavy (non-hydrogen) atoms. The highest BCUT2D eigenvalue weighted by atomic mass is 16.6. The Kier molecular flexibility index (Phi) is 8.04. The molecule has 1 saturated heterocycles. The molecule has 0 spiro atoms. The topological polar surface area (TPSA) is 105 Å². The second kappa shape index (κ2) is 10.9. The predicted octanol–water partition coefficient (Wildman–Crippen LogP) is 4.20. The van der Waals surface area contributed by atoms with Gasteiger partial charge in [-0.2, -0.15) is 0 Å². The van der Waals surface area contributed by atoms with E-state index in [-0.39, 0.29) is 25.0 Å². The highest BCUT2D eigenvalue weighted by Crippen LogP contribution is 2.31. The number of aryl methyl sites for hydroxylation is 1. The summed E-state index contributed by atoms with van der Waals surface area (Å²) in [6.07, 6.45) is 2.98. The summed E-state index contributed by atoms with van der Waals surface area (Å²) in [4.78, 5) is 54.5. The number of alkyl carbamates (subject to hydrolysis) is 1. The van der Waals surface area contributed by atoms with E-state index < -0.39 is 41.7 Å².